The summed E-state index contributed by atoms with van der Waals surface area (Å²) >= 11 is 3.62. The van der Waals surface area contributed by atoms with Crippen LogP contribution in [-0.4, -0.2) is 17.4 Å². The van der Waals surface area contributed by atoms with Crippen LogP contribution in [0.25, 0.3) is 10.9 Å². The molecule has 2 atom stereocenters. The van der Waals surface area contributed by atoms with Crippen molar-refractivity contribution >= 4 is 32.7 Å². The van der Waals surface area contributed by atoms with Crippen LogP contribution in [0.4, 0.5) is 0 Å². The highest BCUT2D eigenvalue weighted by atomic mass is 79.9. The molecule has 0 saturated heterocycles. The molecule has 1 aromatic heterocycles. The quantitative estimate of drug-likeness (QED) is 0.419. The molecule has 2 N–H and O–H groups in total. The summed E-state index contributed by atoms with van der Waals surface area (Å²) in [7, 11) is 0. The smallest absolute Gasteiger partial charge is 0.253 e. The maximum atomic E-state index is 13.7. The number of carbonyl (C=O) groups is 1. The molecule has 2 heterocycles. The van der Waals surface area contributed by atoms with Gasteiger partial charge >= 0.3 is 0 Å². The van der Waals surface area contributed by atoms with Crippen LogP contribution in [0.15, 0.2) is 83.3 Å². The normalized spacial score (nSPS) is 16.2. The maximum Gasteiger partial charge on any atom is 0.253 e. The number of rotatable bonds is 5. The Morgan fingerprint density at radius 1 is 1.03 bits per heavy atom. The number of aromatic nitrogens is 1. The van der Waals surface area contributed by atoms with E-state index in [0.29, 0.717) is 0 Å². The highest BCUT2D eigenvalue weighted by Gasteiger charge is 2.29. The number of amides is 1. The zero-order valence-electron chi connectivity index (χ0n) is 18.6. The van der Waals surface area contributed by atoms with Gasteiger partial charge in [-0.2, -0.15) is 0 Å². The van der Waals surface area contributed by atoms with Crippen LogP contribution in [0.5, 0.6) is 0 Å². The zero-order valence-corrected chi connectivity index (χ0v) is 20.2. The van der Waals surface area contributed by atoms with E-state index in [1.807, 2.05) is 55.5 Å². The monoisotopic (exact) mass is 500 g/mol. The molecule has 166 valence electrons. The molecule has 0 fully saturated rings. The second-order valence-corrected chi connectivity index (χ2v) is 9.59. The lowest BCUT2D eigenvalue weighted by molar-refractivity contribution is -0.929. The van der Waals surface area contributed by atoms with E-state index >= 15 is 0 Å². The lowest BCUT2D eigenvalue weighted by Gasteiger charge is -2.28. The van der Waals surface area contributed by atoms with Gasteiger partial charge in [0, 0.05) is 27.4 Å². The number of nitrogens with one attached hydrogen (secondary N) is 2. The van der Waals surface area contributed by atoms with Gasteiger partial charge in [-0.25, -0.2) is 0 Å². The summed E-state index contributed by atoms with van der Waals surface area (Å²) in [5, 5.41) is 4.18. The van der Waals surface area contributed by atoms with Gasteiger partial charge in [0.25, 0.3) is 5.91 Å². The molecule has 0 aliphatic carbocycles. The minimum atomic E-state index is -0.119. The van der Waals surface area contributed by atoms with Crippen molar-refractivity contribution in [1.82, 2.24) is 10.3 Å². The van der Waals surface area contributed by atoms with Crippen LogP contribution in [0, 0.1) is 0 Å². The molecule has 1 amide bonds. The second-order valence-electron chi connectivity index (χ2n) is 8.74. The van der Waals surface area contributed by atoms with E-state index in [2.05, 4.69) is 51.6 Å². The first kappa shape index (κ1) is 21.8. The number of hydrogen-bond acceptors (Lipinski definition) is 2. The lowest BCUT2D eigenvalue weighted by Crippen LogP contribution is -3.10. The van der Waals surface area contributed by atoms with E-state index in [-0.39, 0.29) is 11.9 Å². The largest absolute Gasteiger partial charge is 0.345 e. The second kappa shape index (κ2) is 9.46. The van der Waals surface area contributed by atoms with Crippen molar-refractivity contribution in [3.8, 4) is 0 Å². The molecule has 1 aliphatic rings. The van der Waals surface area contributed by atoms with Crippen molar-refractivity contribution < 1.29 is 9.69 Å². The fourth-order valence-corrected chi connectivity index (χ4v) is 5.43. The number of hydrogen-bond donors (Lipinski definition) is 2. The minimum absolute atomic E-state index is 0.0333. The van der Waals surface area contributed by atoms with Gasteiger partial charge in [-0.15, -0.1) is 0 Å². The molecule has 33 heavy (non-hydrogen) atoms. The van der Waals surface area contributed by atoms with Crippen LogP contribution in [-0.2, 0) is 19.5 Å². The van der Waals surface area contributed by atoms with E-state index in [1.165, 1.54) is 10.5 Å². The number of nitrogens with zero attached hydrogens (tertiary/aromatic N) is 1. The molecule has 4 aromatic rings. The topological polar surface area (TPSA) is 46.4 Å². The van der Waals surface area contributed by atoms with Gasteiger partial charge < -0.3 is 10.2 Å². The average molecular weight is 501 g/mol. The first-order valence-corrected chi connectivity index (χ1v) is 12.2. The summed E-state index contributed by atoms with van der Waals surface area (Å²) in [6.07, 6.45) is 0.877. The van der Waals surface area contributed by atoms with Gasteiger partial charge in [-0.1, -0.05) is 82.7 Å². The molecule has 3 aromatic carbocycles. The Morgan fingerprint density at radius 3 is 2.58 bits per heavy atom. The number of fused-ring (bicyclic) bond motifs is 2. The maximum absolute atomic E-state index is 13.7. The summed E-state index contributed by atoms with van der Waals surface area (Å²) in [5.41, 5.74) is 6.20. The van der Waals surface area contributed by atoms with Gasteiger partial charge in [0.2, 0.25) is 0 Å². The molecule has 0 saturated carbocycles. The fourth-order valence-electron chi connectivity index (χ4n) is 4.80. The van der Waals surface area contributed by atoms with Crippen molar-refractivity contribution in [2.24, 2.45) is 0 Å². The number of halogens is 1. The summed E-state index contributed by atoms with van der Waals surface area (Å²) in [4.78, 5) is 20.1. The Balaban J connectivity index is 1.50. The first-order chi connectivity index (χ1) is 16.1. The number of benzene rings is 3. The molecule has 1 unspecified atom stereocenters. The SMILES string of the molecule is C[C@@H](NC(=O)c1c2c(nc3ccccc13)CC[NH+](Cc1ccccc1)C2)c1ccccc1Br. The first-order valence-electron chi connectivity index (χ1n) is 11.4. The Labute approximate surface area is 202 Å². The number of carbonyl (C=O) groups excluding carboxylic acids is 1. The van der Waals surface area contributed by atoms with Gasteiger partial charge in [0.05, 0.1) is 29.4 Å². The Bertz CT molecular complexity index is 1310. The Hall–Kier alpha value is -3.02. The third-order valence-corrected chi connectivity index (χ3v) is 7.19. The van der Waals surface area contributed by atoms with Crippen molar-refractivity contribution in [2.75, 3.05) is 6.54 Å². The third kappa shape index (κ3) is 4.56. The molecule has 0 radical (unpaired) electrons. The Morgan fingerprint density at radius 2 is 1.76 bits per heavy atom. The molecule has 5 heteroatoms. The van der Waals surface area contributed by atoms with Crippen molar-refractivity contribution in [1.29, 1.82) is 0 Å². The fraction of sp³-hybridized carbons (Fsp3) is 0.214. The van der Waals surface area contributed by atoms with E-state index in [9.17, 15) is 4.79 Å². The molecule has 0 bridgehead atoms. The number of quaternary nitrogens is 1. The van der Waals surface area contributed by atoms with Gasteiger partial charge in [-0.3, -0.25) is 9.78 Å². The van der Waals surface area contributed by atoms with Gasteiger partial charge in [0.15, 0.2) is 0 Å². The minimum Gasteiger partial charge on any atom is -0.345 e. The average Bonchev–Trinajstić information content (AvgIpc) is 2.83. The number of para-hydroxylation sites is 1. The van der Waals surface area contributed by atoms with E-state index in [1.54, 1.807) is 0 Å². The third-order valence-electron chi connectivity index (χ3n) is 6.46. The molecule has 5 rings (SSSR count). The van der Waals surface area contributed by atoms with Crippen molar-refractivity contribution in [3.05, 3.63) is 111 Å². The summed E-state index contributed by atoms with van der Waals surface area (Å²) < 4.78 is 0.998. The van der Waals surface area contributed by atoms with Gasteiger partial charge in [-0.05, 0) is 24.6 Å². The standard InChI is InChI=1S/C28H26BrN3O/c1-19(21-11-5-7-13-24(21)29)30-28(33)27-22-12-6-8-14-25(22)31-26-15-16-32(18-23(26)27)17-20-9-3-2-4-10-20/h2-14,19H,15-18H2,1H3,(H,30,33)/p+1/t19-/m1/s1. The molecular formula is C28H27BrN3O+. The molecule has 4 nitrogen and oxygen atoms in total. The van der Waals surface area contributed by atoms with Crippen LogP contribution < -0.4 is 10.2 Å². The van der Waals surface area contributed by atoms with Crippen molar-refractivity contribution in [2.45, 2.75) is 32.5 Å². The summed E-state index contributed by atoms with van der Waals surface area (Å²) in [6.45, 7) is 4.79. The zero-order chi connectivity index (χ0) is 22.8. The van der Waals surface area contributed by atoms with Crippen LogP contribution >= 0.6 is 15.9 Å². The van der Waals surface area contributed by atoms with Crippen molar-refractivity contribution in [3.63, 3.8) is 0 Å². The predicted molar refractivity (Wildman–Crippen MR) is 135 cm³/mol. The highest BCUT2D eigenvalue weighted by Crippen LogP contribution is 2.27. The lowest BCUT2D eigenvalue weighted by atomic mass is 9.94. The van der Waals surface area contributed by atoms with Gasteiger partial charge in [0.1, 0.15) is 13.1 Å². The highest BCUT2D eigenvalue weighted by molar-refractivity contribution is 9.10. The van der Waals surface area contributed by atoms with Crippen LogP contribution in [0.2, 0.25) is 0 Å². The molecule has 1 aliphatic heterocycles. The van der Waals surface area contributed by atoms with Crippen LogP contribution in [0.1, 0.15) is 45.7 Å². The summed E-state index contributed by atoms with van der Waals surface area (Å²) in [6, 6.07) is 26.5. The van der Waals surface area contributed by atoms with E-state index < -0.39 is 0 Å². The van der Waals surface area contributed by atoms with Crippen LogP contribution in [0.3, 0.4) is 0 Å². The number of pyridine rings is 1. The molecular weight excluding hydrogens is 474 g/mol. The predicted octanol–water partition coefficient (Wildman–Crippen LogP) is 4.63. The van der Waals surface area contributed by atoms with E-state index in [4.69, 9.17) is 4.98 Å². The van der Waals surface area contributed by atoms with E-state index in [0.717, 1.165) is 63.8 Å². The Kier molecular flexibility index (Phi) is 6.25. The summed E-state index contributed by atoms with van der Waals surface area (Å²) in [5.74, 6) is -0.0333. The molecule has 0 spiro atoms.